The van der Waals surface area contributed by atoms with Gasteiger partial charge < -0.3 is 10.3 Å². The maximum Gasteiger partial charge on any atom is 0.140 e. The van der Waals surface area contributed by atoms with E-state index in [0.29, 0.717) is 0 Å². The number of hydrogen-bond acceptors (Lipinski definition) is 3. The molecule has 0 saturated heterocycles. The Kier molecular flexibility index (Phi) is 3.61. The van der Waals surface area contributed by atoms with Crippen LogP contribution in [-0.2, 0) is 18.4 Å². The van der Waals surface area contributed by atoms with Crippen LogP contribution in [0.15, 0.2) is 0 Å². The SMILES string of the molecule is CC1CCn2c(nnc2C2(CN)CCCCCC2)C1. The van der Waals surface area contributed by atoms with Gasteiger partial charge in [-0.2, -0.15) is 0 Å². The predicted octanol–water partition coefficient (Wildman–Crippen LogP) is 2.41. The highest BCUT2D eigenvalue weighted by Crippen LogP contribution is 2.38. The van der Waals surface area contributed by atoms with Gasteiger partial charge in [-0.3, -0.25) is 0 Å². The van der Waals surface area contributed by atoms with Crippen molar-refractivity contribution < 1.29 is 0 Å². The van der Waals surface area contributed by atoms with E-state index in [1.807, 2.05) is 0 Å². The summed E-state index contributed by atoms with van der Waals surface area (Å²) in [5, 5.41) is 9.04. The highest BCUT2D eigenvalue weighted by atomic mass is 15.3. The molecule has 1 fully saturated rings. The Morgan fingerprint density at radius 3 is 2.63 bits per heavy atom. The largest absolute Gasteiger partial charge is 0.329 e. The van der Waals surface area contributed by atoms with Crippen molar-refractivity contribution in [3.63, 3.8) is 0 Å². The first-order valence-corrected chi connectivity index (χ1v) is 7.88. The summed E-state index contributed by atoms with van der Waals surface area (Å²) in [6.45, 7) is 4.11. The van der Waals surface area contributed by atoms with Gasteiger partial charge in [-0.05, 0) is 25.2 Å². The van der Waals surface area contributed by atoms with Gasteiger partial charge in [0.05, 0.1) is 0 Å². The molecule has 0 amide bonds. The number of fused-ring (bicyclic) bond motifs is 1. The first kappa shape index (κ1) is 13.1. The molecule has 106 valence electrons. The average Bonchev–Trinajstić information content (AvgIpc) is 2.69. The lowest BCUT2D eigenvalue weighted by molar-refractivity contribution is 0.323. The third-order valence-corrected chi connectivity index (χ3v) is 5.13. The van der Waals surface area contributed by atoms with Crippen molar-refractivity contribution in [1.29, 1.82) is 0 Å². The van der Waals surface area contributed by atoms with Gasteiger partial charge in [0.15, 0.2) is 0 Å². The Labute approximate surface area is 115 Å². The van der Waals surface area contributed by atoms with E-state index in [4.69, 9.17) is 5.73 Å². The zero-order valence-electron chi connectivity index (χ0n) is 12.1. The first-order chi connectivity index (χ1) is 9.25. The molecular weight excluding hydrogens is 236 g/mol. The standard InChI is InChI=1S/C15H26N4/c1-12-6-9-19-13(10-12)17-18-14(19)15(11-16)7-4-2-3-5-8-15/h12H,2-11,16H2,1H3. The second kappa shape index (κ2) is 5.23. The van der Waals surface area contributed by atoms with Crippen LogP contribution in [0.25, 0.3) is 0 Å². The summed E-state index contributed by atoms with van der Waals surface area (Å²) < 4.78 is 2.39. The van der Waals surface area contributed by atoms with Gasteiger partial charge in [-0.25, -0.2) is 0 Å². The number of aromatic nitrogens is 3. The van der Waals surface area contributed by atoms with Gasteiger partial charge in [0.1, 0.15) is 11.6 Å². The lowest BCUT2D eigenvalue weighted by atomic mass is 9.79. The minimum atomic E-state index is 0.0995. The molecule has 0 aromatic carbocycles. The summed E-state index contributed by atoms with van der Waals surface area (Å²) in [6.07, 6.45) is 9.98. The second-order valence-corrected chi connectivity index (χ2v) is 6.59. The molecule has 3 rings (SSSR count). The van der Waals surface area contributed by atoms with Crippen LogP contribution in [0, 0.1) is 5.92 Å². The first-order valence-electron chi connectivity index (χ1n) is 7.88. The highest BCUT2D eigenvalue weighted by molar-refractivity contribution is 5.14. The lowest BCUT2D eigenvalue weighted by Crippen LogP contribution is -2.38. The predicted molar refractivity (Wildman–Crippen MR) is 75.9 cm³/mol. The van der Waals surface area contributed by atoms with Crippen LogP contribution in [0.2, 0.25) is 0 Å². The zero-order valence-corrected chi connectivity index (χ0v) is 12.1. The van der Waals surface area contributed by atoms with Crippen LogP contribution >= 0.6 is 0 Å². The normalized spacial score (nSPS) is 26.7. The Morgan fingerprint density at radius 2 is 1.95 bits per heavy atom. The van der Waals surface area contributed by atoms with E-state index < -0.39 is 0 Å². The van der Waals surface area contributed by atoms with Crippen LogP contribution in [0.4, 0.5) is 0 Å². The van der Waals surface area contributed by atoms with Crippen LogP contribution in [0.1, 0.15) is 63.5 Å². The van der Waals surface area contributed by atoms with Crippen LogP contribution in [0.5, 0.6) is 0 Å². The monoisotopic (exact) mass is 262 g/mol. The van der Waals surface area contributed by atoms with Crippen LogP contribution in [-0.4, -0.2) is 21.3 Å². The highest BCUT2D eigenvalue weighted by Gasteiger charge is 2.37. The van der Waals surface area contributed by atoms with Gasteiger partial charge in [-0.15, -0.1) is 10.2 Å². The Morgan fingerprint density at radius 1 is 1.21 bits per heavy atom. The molecule has 1 aliphatic heterocycles. The minimum absolute atomic E-state index is 0.0995. The van der Waals surface area contributed by atoms with Crippen molar-refractivity contribution in [3.05, 3.63) is 11.6 Å². The molecule has 2 aliphatic rings. The quantitative estimate of drug-likeness (QED) is 0.833. The molecule has 1 atom stereocenters. The molecule has 0 radical (unpaired) electrons. The van der Waals surface area contributed by atoms with Crippen LogP contribution < -0.4 is 5.73 Å². The van der Waals surface area contributed by atoms with Crippen molar-refractivity contribution in [3.8, 4) is 0 Å². The topological polar surface area (TPSA) is 56.7 Å². The maximum absolute atomic E-state index is 6.18. The summed E-state index contributed by atoms with van der Waals surface area (Å²) in [5.41, 5.74) is 6.28. The maximum atomic E-state index is 6.18. The molecule has 1 aliphatic carbocycles. The van der Waals surface area contributed by atoms with E-state index in [9.17, 15) is 0 Å². The van der Waals surface area contributed by atoms with Crippen LogP contribution in [0.3, 0.4) is 0 Å². The molecule has 2 heterocycles. The molecule has 1 aromatic heterocycles. The van der Waals surface area contributed by atoms with Crippen molar-refractivity contribution >= 4 is 0 Å². The molecule has 0 bridgehead atoms. The van der Waals surface area contributed by atoms with Crippen molar-refractivity contribution in [2.24, 2.45) is 11.7 Å². The fraction of sp³-hybridized carbons (Fsp3) is 0.867. The molecule has 1 aromatic rings. The van der Waals surface area contributed by atoms with Gasteiger partial charge in [0, 0.05) is 24.9 Å². The van der Waals surface area contributed by atoms with Gasteiger partial charge in [-0.1, -0.05) is 32.6 Å². The van der Waals surface area contributed by atoms with Gasteiger partial charge in [0.2, 0.25) is 0 Å². The van der Waals surface area contributed by atoms with E-state index in [-0.39, 0.29) is 5.41 Å². The summed E-state index contributed by atoms with van der Waals surface area (Å²) in [7, 11) is 0. The summed E-state index contributed by atoms with van der Waals surface area (Å²) in [5.74, 6) is 3.12. The van der Waals surface area contributed by atoms with Crippen molar-refractivity contribution in [1.82, 2.24) is 14.8 Å². The van der Waals surface area contributed by atoms with E-state index in [1.54, 1.807) is 0 Å². The number of nitrogens with two attached hydrogens (primary N) is 1. The lowest BCUT2D eigenvalue weighted by Gasteiger charge is -2.32. The summed E-state index contributed by atoms with van der Waals surface area (Å²) in [6, 6.07) is 0. The van der Waals surface area contributed by atoms with Gasteiger partial charge in [0.25, 0.3) is 0 Å². The van der Waals surface area contributed by atoms with Gasteiger partial charge >= 0.3 is 0 Å². The Bertz CT molecular complexity index is 429. The smallest absolute Gasteiger partial charge is 0.140 e. The van der Waals surface area contributed by atoms with E-state index in [2.05, 4.69) is 21.7 Å². The molecule has 2 N–H and O–H groups in total. The molecule has 19 heavy (non-hydrogen) atoms. The van der Waals surface area contributed by atoms with Crippen molar-refractivity contribution in [2.45, 2.75) is 70.3 Å². The molecule has 1 saturated carbocycles. The Balaban J connectivity index is 1.95. The second-order valence-electron chi connectivity index (χ2n) is 6.59. The molecule has 4 nitrogen and oxygen atoms in total. The Hall–Kier alpha value is -0.900. The zero-order chi connectivity index (χ0) is 13.3. The molecule has 1 unspecified atom stereocenters. The van der Waals surface area contributed by atoms with Crippen molar-refractivity contribution in [2.75, 3.05) is 6.54 Å². The number of rotatable bonds is 2. The molecular formula is C15H26N4. The number of nitrogens with zero attached hydrogens (tertiary/aromatic N) is 3. The van der Waals surface area contributed by atoms with E-state index in [1.165, 1.54) is 56.6 Å². The molecule has 4 heteroatoms. The molecule has 0 spiro atoms. The third kappa shape index (κ3) is 2.31. The fourth-order valence-corrected chi connectivity index (χ4v) is 3.80. The summed E-state index contributed by atoms with van der Waals surface area (Å²) in [4.78, 5) is 0. The average molecular weight is 262 g/mol. The van der Waals surface area contributed by atoms with E-state index in [0.717, 1.165) is 25.4 Å². The fourth-order valence-electron chi connectivity index (χ4n) is 3.80. The number of hydrogen-bond donors (Lipinski definition) is 1. The minimum Gasteiger partial charge on any atom is -0.329 e. The van der Waals surface area contributed by atoms with E-state index >= 15 is 0 Å². The summed E-state index contributed by atoms with van der Waals surface area (Å²) >= 11 is 0. The third-order valence-electron chi connectivity index (χ3n) is 5.13.